The fourth-order valence-electron chi connectivity index (χ4n) is 3.40. The first-order valence-corrected chi connectivity index (χ1v) is 8.98. The third kappa shape index (κ3) is 1.86. The summed E-state index contributed by atoms with van der Waals surface area (Å²) >= 11 is 4.83. The highest BCUT2D eigenvalue weighted by atomic mass is 79.9. The van der Waals surface area contributed by atoms with E-state index < -0.39 is 0 Å². The number of aromatic amines is 1. The SMILES string of the molecule is COc1cc2c(cc1Br)C(=O)c1c([nH]c3cc(C#N)sc13)C2(C)C. The monoisotopic (exact) mass is 400 g/mol. The largest absolute Gasteiger partial charge is 0.496 e. The molecule has 6 heteroatoms. The van der Waals surface area contributed by atoms with Crippen LogP contribution in [-0.2, 0) is 5.41 Å². The van der Waals surface area contributed by atoms with Crippen LogP contribution in [-0.4, -0.2) is 17.9 Å². The lowest BCUT2D eigenvalue weighted by Gasteiger charge is -2.32. The van der Waals surface area contributed by atoms with E-state index in [1.165, 1.54) is 11.3 Å². The molecule has 1 N–H and O–H groups in total. The number of benzene rings is 1. The van der Waals surface area contributed by atoms with E-state index in [9.17, 15) is 4.79 Å². The second kappa shape index (κ2) is 4.95. The van der Waals surface area contributed by atoms with Gasteiger partial charge in [0.05, 0.1) is 27.4 Å². The molecule has 4 nitrogen and oxygen atoms in total. The molecule has 120 valence electrons. The van der Waals surface area contributed by atoms with Gasteiger partial charge in [-0.1, -0.05) is 13.8 Å². The molecule has 2 heterocycles. The number of nitriles is 1. The van der Waals surface area contributed by atoms with Crippen molar-refractivity contribution < 1.29 is 9.53 Å². The van der Waals surface area contributed by atoms with Crippen molar-refractivity contribution in [3.05, 3.63) is 49.9 Å². The highest BCUT2D eigenvalue weighted by molar-refractivity contribution is 9.10. The smallest absolute Gasteiger partial charge is 0.196 e. The van der Waals surface area contributed by atoms with Crippen molar-refractivity contribution >= 4 is 43.3 Å². The Labute approximate surface area is 151 Å². The molecule has 4 rings (SSSR count). The van der Waals surface area contributed by atoms with Gasteiger partial charge in [-0.25, -0.2) is 0 Å². The van der Waals surface area contributed by atoms with Crippen LogP contribution in [0.4, 0.5) is 0 Å². The number of H-pyrrole nitrogens is 1. The van der Waals surface area contributed by atoms with E-state index in [-0.39, 0.29) is 11.2 Å². The molecule has 0 unspecified atom stereocenters. The van der Waals surface area contributed by atoms with E-state index in [2.05, 4.69) is 40.8 Å². The van der Waals surface area contributed by atoms with Crippen LogP contribution in [0.5, 0.6) is 5.75 Å². The van der Waals surface area contributed by atoms with Gasteiger partial charge in [0, 0.05) is 16.7 Å². The second-order valence-corrected chi connectivity index (χ2v) is 8.23. The zero-order chi connectivity index (χ0) is 17.2. The summed E-state index contributed by atoms with van der Waals surface area (Å²) in [5, 5.41) is 9.12. The van der Waals surface area contributed by atoms with Crippen molar-refractivity contribution in [3.63, 3.8) is 0 Å². The maximum atomic E-state index is 13.2. The van der Waals surface area contributed by atoms with Gasteiger partial charge in [-0.2, -0.15) is 5.26 Å². The van der Waals surface area contributed by atoms with Gasteiger partial charge in [0.25, 0.3) is 0 Å². The summed E-state index contributed by atoms with van der Waals surface area (Å²) in [7, 11) is 1.61. The first kappa shape index (κ1) is 15.4. The lowest BCUT2D eigenvalue weighted by molar-refractivity contribution is 0.103. The Morgan fingerprint density at radius 3 is 2.75 bits per heavy atom. The molecule has 0 fully saturated rings. The van der Waals surface area contributed by atoms with Crippen LogP contribution in [0.15, 0.2) is 22.7 Å². The molecule has 0 saturated carbocycles. The van der Waals surface area contributed by atoms with Gasteiger partial charge in [-0.05, 0) is 39.7 Å². The molecule has 0 spiro atoms. The molecule has 2 aromatic heterocycles. The van der Waals surface area contributed by atoms with E-state index in [1.54, 1.807) is 7.11 Å². The summed E-state index contributed by atoms with van der Waals surface area (Å²) in [5.74, 6) is 0.693. The second-order valence-electron chi connectivity index (χ2n) is 6.33. The van der Waals surface area contributed by atoms with Gasteiger partial charge >= 0.3 is 0 Å². The van der Waals surface area contributed by atoms with Crippen molar-refractivity contribution in [3.8, 4) is 11.8 Å². The average Bonchev–Trinajstić information content (AvgIpc) is 3.10. The van der Waals surface area contributed by atoms with Crippen LogP contribution in [0.1, 0.15) is 45.9 Å². The molecule has 1 aliphatic rings. The van der Waals surface area contributed by atoms with Crippen LogP contribution >= 0.6 is 27.3 Å². The molecule has 0 atom stereocenters. The number of nitrogens with zero attached hydrogens (tertiary/aromatic N) is 1. The Morgan fingerprint density at radius 2 is 2.08 bits per heavy atom. The van der Waals surface area contributed by atoms with Crippen LogP contribution in [0.2, 0.25) is 0 Å². The normalized spacial score (nSPS) is 15.0. The molecule has 3 aromatic rings. The summed E-state index contributed by atoms with van der Waals surface area (Å²) < 4.78 is 7.01. The Bertz CT molecular complexity index is 1070. The highest BCUT2D eigenvalue weighted by Gasteiger charge is 2.40. The number of methoxy groups -OCH3 is 1. The Hall–Kier alpha value is -2.10. The topological polar surface area (TPSA) is 65.9 Å². The van der Waals surface area contributed by atoms with E-state index in [1.807, 2.05) is 18.2 Å². The summed E-state index contributed by atoms with van der Waals surface area (Å²) in [6, 6.07) is 7.72. The number of hydrogen-bond acceptors (Lipinski definition) is 4. The number of halogens is 1. The van der Waals surface area contributed by atoms with E-state index >= 15 is 0 Å². The van der Waals surface area contributed by atoms with Gasteiger partial charge in [0.2, 0.25) is 0 Å². The number of rotatable bonds is 1. The lowest BCUT2D eigenvalue weighted by atomic mass is 9.71. The third-order valence-electron chi connectivity index (χ3n) is 4.64. The minimum atomic E-state index is -0.363. The van der Waals surface area contributed by atoms with Crippen molar-refractivity contribution in [2.75, 3.05) is 7.11 Å². The number of nitrogens with one attached hydrogen (secondary N) is 1. The summed E-state index contributed by atoms with van der Waals surface area (Å²) in [4.78, 5) is 17.1. The van der Waals surface area contributed by atoms with Gasteiger partial charge in [0.1, 0.15) is 16.7 Å². The Kier molecular flexibility index (Phi) is 3.18. The first-order valence-electron chi connectivity index (χ1n) is 7.37. The number of aromatic nitrogens is 1. The zero-order valence-corrected chi connectivity index (χ0v) is 15.7. The molecule has 0 saturated heterocycles. The number of thiophene rings is 1. The van der Waals surface area contributed by atoms with Crippen molar-refractivity contribution in [1.82, 2.24) is 4.98 Å². The molecule has 1 aliphatic carbocycles. The van der Waals surface area contributed by atoms with Gasteiger partial charge in [0.15, 0.2) is 5.78 Å². The van der Waals surface area contributed by atoms with Gasteiger partial charge in [-0.15, -0.1) is 11.3 Å². The molecule has 0 radical (unpaired) electrons. The van der Waals surface area contributed by atoms with E-state index in [0.717, 1.165) is 25.9 Å². The summed E-state index contributed by atoms with van der Waals surface area (Å²) in [5.41, 5.74) is 3.68. The lowest BCUT2D eigenvalue weighted by Crippen LogP contribution is -2.30. The van der Waals surface area contributed by atoms with Crippen LogP contribution in [0, 0.1) is 11.3 Å². The van der Waals surface area contributed by atoms with E-state index in [4.69, 9.17) is 10.00 Å². The Balaban J connectivity index is 2.06. The number of carbonyl (C=O) groups excluding carboxylic acids is 1. The number of ether oxygens (including phenoxy) is 1. The number of ketones is 1. The predicted octanol–water partition coefficient (Wildman–Crippen LogP) is 4.74. The molecular formula is C18H13BrN2O2S. The quantitative estimate of drug-likeness (QED) is 0.641. The third-order valence-corrected chi connectivity index (χ3v) is 6.32. The fourth-order valence-corrected chi connectivity index (χ4v) is 4.87. The molecule has 0 aliphatic heterocycles. The van der Waals surface area contributed by atoms with Crippen LogP contribution < -0.4 is 4.74 Å². The molecular weight excluding hydrogens is 388 g/mol. The van der Waals surface area contributed by atoms with E-state index in [0.29, 0.717) is 21.8 Å². The minimum absolute atomic E-state index is 0.0136. The number of fused-ring (bicyclic) bond motifs is 4. The minimum Gasteiger partial charge on any atom is -0.496 e. The molecule has 0 amide bonds. The molecule has 0 bridgehead atoms. The van der Waals surface area contributed by atoms with Crippen molar-refractivity contribution in [1.29, 1.82) is 5.26 Å². The van der Waals surface area contributed by atoms with Crippen molar-refractivity contribution in [2.45, 2.75) is 19.3 Å². The number of carbonyl (C=O) groups is 1. The maximum absolute atomic E-state index is 13.2. The average molecular weight is 401 g/mol. The molecule has 24 heavy (non-hydrogen) atoms. The van der Waals surface area contributed by atoms with Gasteiger partial charge < -0.3 is 9.72 Å². The maximum Gasteiger partial charge on any atom is 0.196 e. The zero-order valence-electron chi connectivity index (χ0n) is 13.3. The standard InChI is InChI=1S/C18H13BrN2O2S/c1-18(2)10-6-13(23-3)11(19)5-9(10)15(22)14-16-12(21-17(14)18)4-8(7-20)24-16/h4-6,21H,1-3H3. The van der Waals surface area contributed by atoms with Gasteiger partial charge in [-0.3, -0.25) is 4.79 Å². The van der Waals surface area contributed by atoms with Crippen molar-refractivity contribution in [2.24, 2.45) is 0 Å². The summed E-state index contributed by atoms with van der Waals surface area (Å²) in [6.07, 6.45) is 0. The highest BCUT2D eigenvalue weighted by Crippen LogP contribution is 2.47. The summed E-state index contributed by atoms with van der Waals surface area (Å²) in [6.45, 7) is 4.19. The molecule has 1 aromatic carbocycles. The first-order chi connectivity index (χ1) is 11.4. The fraction of sp³-hybridized carbons (Fsp3) is 0.222. The Morgan fingerprint density at radius 1 is 1.33 bits per heavy atom. The number of hydrogen-bond donors (Lipinski definition) is 1. The predicted molar refractivity (Wildman–Crippen MR) is 97.1 cm³/mol. The van der Waals surface area contributed by atoms with Crippen LogP contribution in [0.25, 0.3) is 10.2 Å². The van der Waals surface area contributed by atoms with Crippen LogP contribution in [0.3, 0.4) is 0 Å².